The number of rotatable bonds is 3. The molecule has 0 bridgehead atoms. The molecule has 0 atom stereocenters. The van der Waals surface area contributed by atoms with Gasteiger partial charge in [-0.15, -0.1) is 0 Å². The number of anilines is 1. The molecular weight excluding hydrogens is 221 g/mol. The highest BCUT2D eigenvalue weighted by atomic mass is 19.1. The quantitative estimate of drug-likeness (QED) is 0.842. The molecule has 4 nitrogen and oxygen atoms in total. The van der Waals surface area contributed by atoms with Crippen LogP contribution >= 0.6 is 0 Å². The fourth-order valence-corrected chi connectivity index (χ4v) is 2.08. The van der Waals surface area contributed by atoms with E-state index in [-0.39, 0.29) is 23.3 Å². The maximum atomic E-state index is 13.8. The van der Waals surface area contributed by atoms with Crippen LogP contribution in [0, 0.1) is 11.7 Å². The van der Waals surface area contributed by atoms with E-state index in [4.69, 9.17) is 0 Å². The number of nitrogens with one attached hydrogen (secondary N) is 2. The Hall–Kier alpha value is -1.65. The van der Waals surface area contributed by atoms with Crippen molar-refractivity contribution >= 4 is 11.7 Å². The summed E-state index contributed by atoms with van der Waals surface area (Å²) in [5, 5.41) is 5.43. The zero-order valence-electron chi connectivity index (χ0n) is 9.96. The number of aromatic nitrogens is 1. The number of pyridine rings is 1. The van der Waals surface area contributed by atoms with Gasteiger partial charge in [0.1, 0.15) is 0 Å². The highest BCUT2D eigenvalue weighted by Crippen LogP contribution is 2.26. The molecule has 0 spiro atoms. The summed E-state index contributed by atoms with van der Waals surface area (Å²) in [4.78, 5) is 15.6. The van der Waals surface area contributed by atoms with Crippen LogP contribution in [0.2, 0.25) is 0 Å². The van der Waals surface area contributed by atoms with Crippen LogP contribution in [0.4, 0.5) is 10.2 Å². The number of carbonyl (C=O) groups is 1. The van der Waals surface area contributed by atoms with Crippen molar-refractivity contribution in [3.8, 4) is 0 Å². The molecule has 2 N–H and O–H groups in total. The molecule has 2 rings (SSSR count). The first kappa shape index (κ1) is 11.8. The minimum absolute atomic E-state index is 0.0453. The van der Waals surface area contributed by atoms with Crippen molar-refractivity contribution in [2.75, 3.05) is 12.4 Å². The number of hydrogen-bond acceptors (Lipinski definition) is 3. The first-order valence-corrected chi connectivity index (χ1v) is 5.75. The number of hydrogen-bond donors (Lipinski definition) is 2. The van der Waals surface area contributed by atoms with Crippen molar-refractivity contribution in [1.82, 2.24) is 10.3 Å². The molecule has 5 heteroatoms. The van der Waals surface area contributed by atoms with Gasteiger partial charge in [0.05, 0.1) is 5.56 Å². The van der Waals surface area contributed by atoms with E-state index in [0.717, 1.165) is 12.8 Å². The molecule has 1 aromatic heterocycles. The maximum absolute atomic E-state index is 13.8. The highest BCUT2D eigenvalue weighted by molar-refractivity contribution is 5.95. The average Bonchev–Trinajstić information content (AvgIpc) is 2.27. The lowest BCUT2D eigenvalue weighted by atomic mass is 9.82. The lowest BCUT2D eigenvalue weighted by Crippen LogP contribution is -2.43. The molecule has 17 heavy (non-hydrogen) atoms. The largest absolute Gasteiger partial charge is 0.371 e. The van der Waals surface area contributed by atoms with E-state index in [1.165, 1.54) is 12.3 Å². The number of nitrogens with zero attached hydrogens (tertiary/aromatic N) is 1. The maximum Gasteiger partial charge on any atom is 0.254 e. The molecular formula is C12H16FN3O. The van der Waals surface area contributed by atoms with Crippen LogP contribution in [0.3, 0.4) is 0 Å². The molecule has 0 aliphatic heterocycles. The second-order valence-corrected chi connectivity index (χ2v) is 4.52. The minimum atomic E-state index is -0.597. The van der Waals surface area contributed by atoms with Crippen LogP contribution in [0.5, 0.6) is 0 Å². The van der Waals surface area contributed by atoms with Gasteiger partial charge >= 0.3 is 0 Å². The fourth-order valence-electron chi connectivity index (χ4n) is 2.08. The molecule has 1 amide bonds. The summed E-state index contributed by atoms with van der Waals surface area (Å²) in [5.74, 6) is -0.215. The van der Waals surface area contributed by atoms with Crippen molar-refractivity contribution in [2.24, 2.45) is 5.92 Å². The van der Waals surface area contributed by atoms with Gasteiger partial charge in [0.25, 0.3) is 5.91 Å². The molecule has 0 radical (unpaired) electrons. The molecule has 0 saturated heterocycles. The average molecular weight is 237 g/mol. The lowest BCUT2D eigenvalue weighted by molar-refractivity contribution is 0.0892. The second kappa shape index (κ2) is 4.69. The van der Waals surface area contributed by atoms with Crippen LogP contribution in [0.1, 0.15) is 30.1 Å². The van der Waals surface area contributed by atoms with Crippen molar-refractivity contribution < 1.29 is 9.18 Å². The molecule has 1 saturated carbocycles. The molecule has 1 aliphatic carbocycles. The van der Waals surface area contributed by atoms with Gasteiger partial charge in [0.2, 0.25) is 0 Å². The van der Waals surface area contributed by atoms with Gasteiger partial charge in [-0.05, 0) is 24.8 Å². The van der Waals surface area contributed by atoms with Gasteiger partial charge in [-0.2, -0.15) is 0 Å². The monoisotopic (exact) mass is 237 g/mol. The van der Waals surface area contributed by atoms with E-state index in [1.54, 1.807) is 7.05 Å². The summed E-state index contributed by atoms with van der Waals surface area (Å²) >= 11 is 0. The zero-order valence-corrected chi connectivity index (χ0v) is 9.96. The first-order chi connectivity index (χ1) is 8.11. The summed E-state index contributed by atoms with van der Waals surface area (Å²) < 4.78 is 13.8. The molecule has 92 valence electrons. The van der Waals surface area contributed by atoms with E-state index in [9.17, 15) is 9.18 Å². The molecule has 0 aromatic carbocycles. The van der Waals surface area contributed by atoms with Gasteiger partial charge in [-0.25, -0.2) is 9.37 Å². The molecule has 0 unspecified atom stereocenters. The van der Waals surface area contributed by atoms with Crippen molar-refractivity contribution in [3.05, 3.63) is 23.6 Å². The van der Waals surface area contributed by atoms with Crippen LogP contribution in [0.25, 0.3) is 0 Å². The number of carbonyl (C=O) groups excluding carboxylic acids is 1. The Morgan fingerprint density at radius 1 is 1.53 bits per heavy atom. The Morgan fingerprint density at radius 2 is 2.24 bits per heavy atom. The lowest BCUT2D eigenvalue weighted by Gasteiger charge is -2.33. The normalized spacial score (nSPS) is 22.8. The van der Waals surface area contributed by atoms with Gasteiger partial charge in [0, 0.05) is 19.3 Å². The summed E-state index contributed by atoms with van der Waals surface area (Å²) in [6, 6.07) is 1.58. The Kier molecular flexibility index (Phi) is 3.26. The predicted octanol–water partition coefficient (Wildman–Crippen LogP) is 1.79. The highest BCUT2D eigenvalue weighted by Gasteiger charge is 2.27. The van der Waals surface area contributed by atoms with Crippen molar-refractivity contribution in [3.63, 3.8) is 0 Å². The summed E-state index contributed by atoms with van der Waals surface area (Å²) in [6.45, 7) is 2.13. The van der Waals surface area contributed by atoms with E-state index < -0.39 is 5.82 Å². The van der Waals surface area contributed by atoms with Crippen molar-refractivity contribution in [2.45, 2.75) is 25.8 Å². The summed E-state index contributed by atoms with van der Waals surface area (Å²) in [6.07, 6.45) is 3.36. The Bertz CT molecular complexity index is 430. The minimum Gasteiger partial charge on any atom is -0.371 e. The Morgan fingerprint density at radius 3 is 2.82 bits per heavy atom. The molecule has 1 fully saturated rings. The first-order valence-electron chi connectivity index (χ1n) is 5.75. The van der Waals surface area contributed by atoms with E-state index in [2.05, 4.69) is 22.5 Å². The van der Waals surface area contributed by atoms with Crippen LogP contribution in [-0.2, 0) is 0 Å². The topological polar surface area (TPSA) is 54.0 Å². The van der Waals surface area contributed by atoms with E-state index >= 15 is 0 Å². The van der Waals surface area contributed by atoms with Gasteiger partial charge in [-0.1, -0.05) is 6.92 Å². The van der Waals surface area contributed by atoms with Gasteiger partial charge < -0.3 is 10.6 Å². The summed E-state index contributed by atoms with van der Waals surface area (Å²) in [7, 11) is 1.57. The van der Waals surface area contributed by atoms with Gasteiger partial charge in [0.15, 0.2) is 11.6 Å². The molecule has 1 heterocycles. The third-order valence-corrected chi connectivity index (χ3v) is 3.08. The number of amides is 1. The SMILES string of the molecule is CNc1nccc(C(=O)NC2CC(C)C2)c1F. The van der Waals surface area contributed by atoms with E-state index in [1.807, 2.05) is 0 Å². The second-order valence-electron chi connectivity index (χ2n) is 4.52. The predicted molar refractivity (Wildman–Crippen MR) is 63.4 cm³/mol. The van der Waals surface area contributed by atoms with Crippen LogP contribution < -0.4 is 10.6 Å². The van der Waals surface area contributed by atoms with Crippen LogP contribution in [-0.4, -0.2) is 24.0 Å². The molecule has 1 aliphatic rings. The summed E-state index contributed by atoms with van der Waals surface area (Å²) in [5.41, 5.74) is 0.0453. The van der Waals surface area contributed by atoms with E-state index in [0.29, 0.717) is 5.92 Å². The fraction of sp³-hybridized carbons (Fsp3) is 0.500. The number of halogens is 1. The molecule has 1 aromatic rings. The Labute approximate surface area is 99.6 Å². The third kappa shape index (κ3) is 2.38. The smallest absolute Gasteiger partial charge is 0.254 e. The third-order valence-electron chi connectivity index (χ3n) is 3.08. The zero-order chi connectivity index (χ0) is 12.4. The van der Waals surface area contributed by atoms with Crippen molar-refractivity contribution in [1.29, 1.82) is 0 Å². The van der Waals surface area contributed by atoms with Crippen LogP contribution in [0.15, 0.2) is 12.3 Å². The Balaban J connectivity index is 2.08. The van der Waals surface area contributed by atoms with Gasteiger partial charge in [-0.3, -0.25) is 4.79 Å². The standard InChI is InChI=1S/C12H16FN3O/c1-7-5-8(6-7)16-12(17)9-3-4-15-11(14-2)10(9)13/h3-4,7-8H,5-6H2,1-2H3,(H,14,15)(H,16,17).